The molecule has 7 nitrogen and oxygen atoms in total. The molecule has 0 aliphatic carbocycles. The van der Waals surface area contributed by atoms with Gasteiger partial charge in [-0.05, 0) is 18.9 Å². The fraction of sp³-hybridized carbons (Fsp3) is 0.533. The Bertz CT molecular complexity index is 528. The number of carbonyl (C=O) groups is 1. The Morgan fingerprint density at radius 3 is 2.95 bits per heavy atom. The molecule has 0 spiro atoms. The van der Waals surface area contributed by atoms with Crippen molar-refractivity contribution in [3.05, 3.63) is 34.4 Å². The summed E-state index contributed by atoms with van der Waals surface area (Å²) in [4.78, 5) is 24.0. The van der Waals surface area contributed by atoms with Crippen LogP contribution in [0.5, 0.6) is 5.75 Å². The molecule has 0 radical (unpaired) electrons. The van der Waals surface area contributed by atoms with Crippen molar-refractivity contribution < 1.29 is 19.2 Å². The number of hydrogen-bond donors (Lipinski definition) is 0. The molecule has 1 fully saturated rings. The van der Waals surface area contributed by atoms with Crippen LogP contribution in [0.15, 0.2) is 24.3 Å². The summed E-state index contributed by atoms with van der Waals surface area (Å²) in [5.74, 6) is 0.121. The van der Waals surface area contributed by atoms with E-state index in [0.29, 0.717) is 6.54 Å². The Morgan fingerprint density at radius 2 is 2.27 bits per heavy atom. The largest absolute Gasteiger partial charge is 0.486 e. The van der Waals surface area contributed by atoms with Crippen molar-refractivity contribution in [1.82, 2.24) is 4.90 Å². The molecule has 7 heteroatoms. The van der Waals surface area contributed by atoms with E-state index < -0.39 is 4.92 Å². The molecular formula is C15H20N2O5. The molecule has 0 N–H and O–H groups in total. The van der Waals surface area contributed by atoms with Crippen molar-refractivity contribution >= 4 is 11.6 Å². The summed E-state index contributed by atoms with van der Waals surface area (Å²) in [6, 6.07) is 6.14. The number of nitrogens with zero attached hydrogens (tertiary/aromatic N) is 2. The van der Waals surface area contributed by atoms with Gasteiger partial charge in [0.2, 0.25) is 5.91 Å². The topological polar surface area (TPSA) is 81.9 Å². The molecular weight excluding hydrogens is 288 g/mol. The van der Waals surface area contributed by atoms with Gasteiger partial charge in [0.1, 0.15) is 0 Å². The first-order chi connectivity index (χ1) is 10.6. The van der Waals surface area contributed by atoms with Gasteiger partial charge >= 0.3 is 5.69 Å². The van der Waals surface area contributed by atoms with Crippen LogP contribution in [0, 0.1) is 10.1 Å². The number of amides is 1. The van der Waals surface area contributed by atoms with Crippen molar-refractivity contribution in [2.75, 3.05) is 26.8 Å². The Kier molecular flexibility index (Phi) is 5.71. The minimum absolute atomic E-state index is 0.0610. The highest BCUT2D eigenvalue weighted by molar-refractivity contribution is 5.76. The molecule has 0 saturated carbocycles. The summed E-state index contributed by atoms with van der Waals surface area (Å²) in [6.45, 7) is 1.44. The lowest BCUT2D eigenvalue weighted by atomic mass is 10.2. The van der Waals surface area contributed by atoms with Crippen LogP contribution in [0.4, 0.5) is 5.69 Å². The second kappa shape index (κ2) is 7.74. The second-order valence-electron chi connectivity index (χ2n) is 5.23. The first kappa shape index (κ1) is 16.2. The summed E-state index contributed by atoms with van der Waals surface area (Å²) < 4.78 is 10.9. The van der Waals surface area contributed by atoms with E-state index in [1.54, 1.807) is 24.1 Å². The molecule has 1 heterocycles. The lowest BCUT2D eigenvalue weighted by molar-refractivity contribution is -0.385. The van der Waals surface area contributed by atoms with E-state index in [-0.39, 0.29) is 36.5 Å². The molecule has 0 unspecified atom stereocenters. The number of ether oxygens (including phenoxy) is 2. The molecule has 1 aromatic rings. The maximum atomic E-state index is 12.0. The van der Waals surface area contributed by atoms with Gasteiger partial charge in [-0.3, -0.25) is 14.9 Å². The van der Waals surface area contributed by atoms with Gasteiger partial charge in [-0.15, -0.1) is 0 Å². The van der Waals surface area contributed by atoms with Crippen LogP contribution in [0.3, 0.4) is 0 Å². The minimum Gasteiger partial charge on any atom is -0.486 e. The number of likely N-dealkylation sites (N-methyl/N-ethyl adjacent to an activating group) is 1. The summed E-state index contributed by atoms with van der Waals surface area (Å²) in [5.41, 5.74) is -0.0948. The molecule has 1 aromatic carbocycles. The maximum absolute atomic E-state index is 12.0. The van der Waals surface area contributed by atoms with Crippen LogP contribution < -0.4 is 4.74 Å². The van der Waals surface area contributed by atoms with Crippen molar-refractivity contribution in [2.45, 2.75) is 25.4 Å². The van der Waals surface area contributed by atoms with E-state index in [9.17, 15) is 14.9 Å². The summed E-state index contributed by atoms with van der Waals surface area (Å²) in [5, 5.41) is 10.9. The molecule has 1 amide bonds. The molecule has 1 aliphatic heterocycles. The molecule has 22 heavy (non-hydrogen) atoms. The second-order valence-corrected chi connectivity index (χ2v) is 5.23. The average molecular weight is 308 g/mol. The lowest BCUT2D eigenvalue weighted by Gasteiger charge is -2.20. The van der Waals surface area contributed by atoms with Gasteiger partial charge < -0.3 is 14.4 Å². The standard InChI is InChI=1S/C15H20N2O5/c1-16(11-12-5-4-9-21-12)15(18)8-10-22-14-7-3-2-6-13(14)17(19)20/h2-3,6-7,12H,4-5,8-11H2,1H3/t12-/m1/s1. The van der Waals surface area contributed by atoms with E-state index in [0.717, 1.165) is 19.4 Å². The van der Waals surface area contributed by atoms with E-state index >= 15 is 0 Å². The SMILES string of the molecule is CN(C[C@H]1CCCO1)C(=O)CCOc1ccccc1[N+](=O)[O-]. The number of rotatable bonds is 7. The molecule has 1 aliphatic rings. The number of hydrogen-bond acceptors (Lipinski definition) is 5. The van der Waals surface area contributed by atoms with Gasteiger partial charge in [-0.1, -0.05) is 12.1 Å². The van der Waals surface area contributed by atoms with Gasteiger partial charge in [-0.2, -0.15) is 0 Å². The highest BCUT2D eigenvalue weighted by Crippen LogP contribution is 2.25. The molecule has 0 aromatic heterocycles. The Labute approximate surface area is 129 Å². The third kappa shape index (κ3) is 4.42. The van der Waals surface area contributed by atoms with Crippen molar-refractivity contribution in [3.8, 4) is 5.75 Å². The number of carbonyl (C=O) groups excluding carboxylic acids is 1. The van der Waals surface area contributed by atoms with Crippen molar-refractivity contribution in [3.63, 3.8) is 0 Å². The Balaban J connectivity index is 1.78. The fourth-order valence-corrected chi connectivity index (χ4v) is 2.36. The van der Waals surface area contributed by atoms with Crippen molar-refractivity contribution in [1.29, 1.82) is 0 Å². The predicted molar refractivity (Wildman–Crippen MR) is 79.8 cm³/mol. The smallest absolute Gasteiger partial charge is 0.310 e. The van der Waals surface area contributed by atoms with E-state index in [4.69, 9.17) is 9.47 Å². The van der Waals surface area contributed by atoms with Crippen LogP contribution in [0.2, 0.25) is 0 Å². The zero-order chi connectivity index (χ0) is 15.9. The molecule has 2 rings (SSSR count). The first-order valence-corrected chi connectivity index (χ1v) is 7.29. The van der Waals surface area contributed by atoms with E-state index in [1.807, 2.05) is 0 Å². The van der Waals surface area contributed by atoms with Gasteiger partial charge in [0.25, 0.3) is 0 Å². The van der Waals surface area contributed by atoms with E-state index in [1.165, 1.54) is 12.1 Å². The fourth-order valence-electron chi connectivity index (χ4n) is 2.36. The number of benzene rings is 1. The maximum Gasteiger partial charge on any atom is 0.310 e. The average Bonchev–Trinajstić information content (AvgIpc) is 3.00. The number of nitro benzene ring substituents is 1. The van der Waals surface area contributed by atoms with Gasteiger partial charge in [0, 0.05) is 26.3 Å². The quantitative estimate of drug-likeness (QED) is 0.568. The lowest BCUT2D eigenvalue weighted by Crippen LogP contribution is -2.34. The third-order valence-corrected chi connectivity index (χ3v) is 3.56. The van der Waals surface area contributed by atoms with Crippen LogP contribution in [-0.2, 0) is 9.53 Å². The summed E-state index contributed by atoms with van der Waals surface area (Å²) in [6.07, 6.45) is 2.30. The summed E-state index contributed by atoms with van der Waals surface area (Å²) >= 11 is 0. The molecule has 1 saturated heterocycles. The van der Waals surface area contributed by atoms with Crippen molar-refractivity contribution in [2.24, 2.45) is 0 Å². The zero-order valence-corrected chi connectivity index (χ0v) is 12.6. The highest BCUT2D eigenvalue weighted by atomic mass is 16.6. The molecule has 120 valence electrons. The zero-order valence-electron chi connectivity index (χ0n) is 12.6. The van der Waals surface area contributed by atoms with Gasteiger partial charge in [-0.25, -0.2) is 0 Å². The van der Waals surface area contributed by atoms with Crippen LogP contribution in [0.1, 0.15) is 19.3 Å². The number of nitro groups is 1. The highest BCUT2D eigenvalue weighted by Gasteiger charge is 2.20. The van der Waals surface area contributed by atoms with Crippen LogP contribution in [-0.4, -0.2) is 48.6 Å². The van der Waals surface area contributed by atoms with E-state index in [2.05, 4.69) is 0 Å². The molecule has 0 bridgehead atoms. The Morgan fingerprint density at radius 1 is 1.50 bits per heavy atom. The minimum atomic E-state index is -0.499. The summed E-state index contributed by atoms with van der Waals surface area (Å²) in [7, 11) is 1.73. The van der Waals surface area contributed by atoms with Crippen LogP contribution in [0.25, 0.3) is 0 Å². The van der Waals surface area contributed by atoms with Gasteiger partial charge in [0.05, 0.1) is 24.1 Å². The third-order valence-electron chi connectivity index (χ3n) is 3.56. The van der Waals surface area contributed by atoms with Gasteiger partial charge in [0.15, 0.2) is 5.75 Å². The monoisotopic (exact) mass is 308 g/mol. The first-order valence-electron chi connectivity index (χ1n) is 7.29. The van der Waals surface area contributed by atoms with Crippen LogP contribution >= 0.6 is 0 Å². The normalized spacial score (nSPS) is 17.2. The molecule has 1 atom stereocenters. The predicted octanol–water partition coefficient (Wildman–Crippen LogP) is 2.00. The Hall–Kier alpha value is -2.15. The number of para-hydroxylation sites is 2.